The molecule has 0 radical (unpaired) electrons. The van der Waals surface area contributed by atoms with Gasteiger partial charge in [-0.25, -0.2) is 9.79 Å². The number of carboxylic acid groups (broad SMARTS) is 1. The first-order valence-electron chi connectivity index (χ1n) is 8.14. The number of Topliss-reactive ketones (excluding diaryl/α,β-unsaturated/α-hetero) is 1. The summed E-state index contributed by atoms with van der Waals surface area (Å²) in [6.07, 6.45) is 4.99. The first-order valence-corrected chi connectivity index (χ1v) is 8.14. The third kappa shape index (κ3) is 5.14. The number of carbonyl (C=O) groups is 3. The van der Waals surface area contributed by atoms with Gasteiger partial charge in [0.25, 0.3) is 0 Å². The van der Waals surface area contributed by atoms with E-state index in [1.54, 1.807) is 24.1 Å². The maximum absolute atomic E-state index is 12.4. The van der Waals surface area contributed by atoms with Gasteiger partial charge in [0.1, 0.15) is 5.70 Å². The standard InChI is InChI=1S/C18H24N2O5/c1-5-8-13(6-2)16(14(22)10-21)17-18(25-11-15(23)24)19-12(4)9-20(17)7-3/h6,9-10,13H,2,5,7-8,11H2,1,3-4H3,(H,23,24)/b17-16+. The number of carboxylic acids is 1. The lowest BCUT2D eigenvalue weighted by Crippen LogP contribution is -2.33. The summed E-state index contributed by atoms with van der Waals surface area (Å²) in [7, 11) is 0. The van der Waals surface area contributed by atoms with Gasteiger partial charge in [0.15, 0.2) is 12.9 Å². The third-order valence-electron chi connectivity index (χ3n) is 3.67. The highest BCUT2D eigenvalue weighted by Gasteiger charge is 2.30. The average molecular weight is 348 g/mol. The van der Waals surface area contributed by atoms with Crippen LogP contribution in [0.25, 0.3) is 0 Å². The molecule has 1 unspecified atom stereocenters. The summed E-state index contributed by atoms with van der Waals surface area (Å²) in [4.78, 5) is 40.4. The second kappa shape index (κ2) is 9.56. The Morgan fingerprint density at radius 2 is 2.12 bits per heavy atom. The molecule has 7 heteroatoms. The van der Waals surface area contributed by atoms with Crippen LogP contribution in [0.5, 0.6) is 0 Å². The molecule has 25 heavy (non-hydrogen) atoms. The first-order chi connectivity index (χ1) is 11.9. The quantitative estimate of drug-likeness (QED) is 0.297. The molecule has 0 fully saturated rings. The number of allylic oxidation sites excluding steroid dienone is 3. The average Bonchev–Trinajstić information content (AvgIpc) is 2.59. The number of aliphatic carboxylic acids is 1. The Morgan fingerprint density at radius 1 is 1.44 bits per heavy atom. The smallest absolute Gasteiger partial charge is 0.341 e. The van der Waals surface area contributed by atoms with Crippen molar-refractivity contribution in [3.8, 4) is 0 Å². The molecule has 0 spiro atoms. The van der Waals surface area contributed by atoms with E-state index in [1.807, 2.05) is 13.8 Å². The zero-order valence-electron chi connectivity index (χ0n) is 14.8. The molecule has 1 N–H and O–H groups in total. The molecular formula is C18H24N2O5. The Morgan fingerprint density at radius 3 is 2.60 bits per heavy atom. The van der Waals surface area contributed by atoms with E-state index in [4.69, 9.17) is 9.84 Å². The maximum Gasteiger partial charge on any atom is 0.341 e. The zero-order valence-corrected chi connectivity index (χ0v) is 14.8. The highest BCUT2D eigenvalue weighted by Crippen LogP contribution is 2.29. The number of aliphatic imine (C=N–C) groups is 1. The predicted molar refractivity (Wildman–Crippen MR) is 93.9 cm³/mol. The lowest BCUT2D eigenvalue weighted by atomic mass is 9.89. The van der Waals surface area contributed by atoms with Gasteiger partial charge in [0.2, 0.25) is 11.7 Å². The number of rotatable bonds is 9. The van der Waals surface area contributed by atoms with Gasteiger partial charge in [-0.2, -0.15) is 0 Å². The normalized spacial score (nSPS) is 17.2. The zero-order chi connectivity index (χ0) is 19.0. The number of aldehydes is 1. The fourth-order valence-corrected chi connectivity index (χ4v) is 2.63. The van der Waals surface area contributed by atoms with E-state index in [0.717, 1.165) is 6.42 Å². The van der Waals surface area contributed by atoms with Gasteiger partial charge in [-0.15, -0.1) is 6.58 Å². The fraction of sp³-hybridized carbons (Fsp3) is 0.444. The molecule has 1 aliphatic heterocycles. The highest BCUT2D eigenvalue weighted by atomic mass is 16.5. The van der Waals surface area contributed by atoms with Crippen LogP contribution in [-0.2, 0) is 19.1 Å². The molecule has 0 aliphatic carbocycles. The van der Waals surface area contributed by atoms with Gasteiger partial charge in [-0.05, 0) is 20.3 Å². The number of ketones is 1. The summed E-state index contributed by atoms with van der Waals surface area (Å²) in [6, 6.07) is 0. The van der Waals surface area contributed by atoms with Crippen molar-refractivity contribution in [2.24, 2.45) is 10.9 Å². The summed E-state index contributed by atoms with van der Waals surface area (Å²) in [5, 5.41) is 8.89. The number of ether oxygens (including phenoxy) is 1. The fourth-order valence-electron chi connectivity index (χ4n) is 2.63. The van der Waals surface area contributed by atoms with Gasteiger partial charge in [0.05, 0.1) is 5.70 Å². The molecule has 1 atom stereocenters. The van der Waals surface area contributed by atoms with Crippen molar-refractivity contribution in [3.05, 3.63) is 35.8 Å². The molecule has 1 aliphatic rings. The Bertz CT molecular complexity index is 646. The number of likely N-dealkylation sites (N-methyl/N-ethyl adjacent to an activating group) is 1. The Kier molecular flexibility index (Phi) is 7.78. The van der Waals surface area contributed by atoms with Crippen LogP contribution in [0, 0.1) is 5.92 Å². The predicted octanol–water partition coefficient (Wildman–Crippen LogP) is 2.31. The molecular weight excluding hydrogens is 324 g/mol. The lowest BCUT2D eigenvalue weighted by molar-refractivity contribution is -0.139. The van der Waals surface area contributed by atoms with Crippen LogP contribution in [-0.4, -0.2) is 47.1 Å². The van der Waals surface area contributed by atoms with Crippen LogP contribution in [0.2, 0.25) is 0 Å². The first kappa shape index (κ1) is 20.3. The SMILES string of the molecule is C=CC(CCC)/C(C(=O)C=O)=C1/C(OCC(=O)O)=NC(C)=CN1CC. The van der Waals surface area contributed by atoms with Crippen LogP contribution in [0.4, 0.5) is 0 Å². The topological polar surface area (TPSA) is 96.3 Å². The van der Waals surface area contributed by atoms with E-state index < -0.39 is 18.4 Å². The highest BCUT2D eigenvalue weighted by molar-refractivity contribution is 6.34. The number of hydrogen-bond acceptors (Lipinski definition) is 6. The molecule has 7 nitrogen and oxygen atoms in total. The molecule has 0 bridgehead atoms. The van der Waals surface area contributed by atoms with Gasteiger partial charge >= 0.3 is 5.97 Å². The molecule has 1 heterocycles. The van der Waals surface area contributed by atoms with Crippen LogP contribution in [0.3, 0.4) is 0 Å². The van der Waals surface area contributed by atoms with Crippen LogP contribution >= 0.6 is 0 Å². The van der Waals surface area contributed by atoms with Gasteiger partial charge in [0, 0.05) is 24.2 Å². The molecule has 0 aromatic rings. The van der Waals surface area contributed by atoms with Crippen molar-refractivity contribution in [2.45, 2.75) is 33.6 Å². The Labute approximate surface area is 147 Å². The summed E-state index contributed by atoms with van der Waals surface area (Å²) >= 11 is 0. The molecule has 136 valence electrons. The Hall–Kier alpha value is -2.70. The number of hydrogen-bond donors (Lipinski definition) is 1. The molecule has 1 rings (SSSR count). The van der Waals surface area contributed by atoms with Crippen molar-refractivity contribution in [1.29, 1.82) is 0 Å². The summed E-state index contributed by atoms with van der Waals surface area (Å²) in [5.74, 6) is -2.18. The van der Waals surface area contributed by atoms with Crippen molar-refractivity contribution in [1.82, 2.24) is 4.90 Å². The second-order valence-electron chi connectivity index (χ2n) is 5.53. The summed E-state index contributed by atoms with van der Waals surface area (Å²) in [6.45, 7) is 9.23. The Balaban J connectivity index is 3.58. The molecule has 0 saturated carbocycles. The van der Waals surface area contributed by atoms with Crippen molar-refractivity contribution in [3.63, 3.8) is 0 Å². The van der Waals surface area contributed by atoms with Crippen molar-refractivity contribution < 1.29 is 24.2 Å². The van der Waals surface area contributed by atoms with Crippen molar-refractivity contribution >= 4 is 23.9 Å². The van der Waals surface area contributed by atoms with Crippen molar-refractivity contribution in [2.75, 3.05) is 13.2 Å². The van der Waals surface area contributed by atoms with E-state index in [-0.39, 0.29) is 23.7 Å². The second-order valence-corrected chi connectivity index (χ2v) is 5.53. The summed E-state index contributed by atoms with van der Waals surface area (Å²) in [5.41, 5.74) is 1.15. The monoisotopic (exact) mass is 348 g/mol. The van der Waals surface area contributed by atoms with E-state index >= 15 is 0 Å². The van der Waals surface area contributed by atoms with Crippen LogP contribution in [0.15, 0.2) is 40.8 Å². The molecule has 0 amide bonds. The van der Waals surface area contributed by atoms with Crippen LogP contribution in [0.1, 0.15) is 33.6 Å². The van der Waals surface area contributed by atoms with Crippen LogP contribution < -0.4 is 0 Å². The maximum atomic E-state index is 12.4. The van der Waals surface area contributed by atoms with E-state index in [0.29, 0.717) is 24.4 Å². The van der Waals surface area contributed by atoms with E-state index in [1.165, 1.54) is 0 Å². The van der Waals surface area contributed by atoms with Gasteiger partial charge < -0.3 is 14.7 Å². The van der Waals surface area contributed by atoms with E-state index in [9.17, 15) is 14.4 Å². The minimum Gasteiger partial charge on any atom is -0.479 e. The third-order valence-corrected chi connectivity index (χ3v) is 3.67. The minimum absolute atomic E-state index is 0.0254. The van der Waals surface area contributed by atoms with Gasteiger partial charge in [-0.3, -0.25) is 9.59 Å². The molecule has 0 aromatic heterocycles. The number of nitrogens with zero attached hydrogens (tertiary/aromatic N) is 2. The largest absolute Gasteiger partial charge is 0.479 e. The van der Waals surface area contributed by atoms with Gasteiger partial charge in [-0.1, -0.05) is 19.4 Å². The molecule has 0 saturated heterocycles. The molecule has 0 aromatic carbocycles. The lowest BCUT2D eigenvalue weighted by Gasteiger charge is -2.30. The minimum atomic E-state index is -1.16. The summed E-state index contributed by atoms with van der Waals surface area (Å²) < 4.78 is 5.32. The van der Waals surface area contributed by atoms with E-state index in [2.05, 4.69) is 11.6 Å². The number of carbonyl (C=O) groups excluding carboxylic acids is 2.